The number of benzene rings is 2. The van der Waals surface area contributed by atoms with Crippen molar-refractivity contribution in [1.29, 1.82) is 0 Å². The first-order valence-corrected chi connectivity index (χ1v) is 6.87. The van der Waals surface area contributed by atoms with Crippen LogP contribution in [0.2, 0.25) is 0 Å². The SMILES string of the molecule is COc1ccc(N2C(=O)[C@@H](c3ccccc3)[C@H]2OC=O)cc1. The van der Waals surface area contributed by atoms with E-state index < -0.39 is 12.1 Å². The molecule has 1 amide bonds. The number of carbonyl (C=O) groups excluding carboxylic acids is 2. The maximum absolute atomic E-state index is 12.5. The smallest absolute Gasteiger partial charge is 0.295 e. The zero-order chi connectivity index (χ0) is 15.5. The van der Waals surface area contributed by atoms with Crippen LogP contribution in [0.15, 0.2) is 54.6 Å². The van der Waals surface area contributed by atoms with Crippen LogP contribution in [-0.4, -0.2) is 25.7 Å². The highest BCUT2D eigenvalue weighted by atomic mass is 16.5. The molecule has 0 spiro atoms. The van der Waals surface area contributed by atoms with Gasteiger partial charge in [0.15, 0.2) is 6.23 Å². The van der Waals surface area contributed by atoms with Crippen molar-refractivity contribution in [1.82, 2.24) is 0 Å². The Morgan fingerprint density at radius 3 is 2.32 bits per heavy atom. The molecule has 22 heavy (non-hydrogen) atoms. The van der Waals surface area contributed by atoms with Crippen LogP contribution < -0.4 is 9.64 Å². The molecule has 0 radical (unpaired) electrons. The van der Waals surface area contributed by atoms with E-state index in [9.17, 15) is 9.59 Å². The molecule has 1 fully saturated rings. The van der Waals surface area contributed by atoms with E-state index >= 15 is 0 Å². The van der Waals surface area contributed by atoms with Gasteiger partial charge in [-0.2, -0.15) is 0 Å². The van der Waals surface area contributed by atoms with Gasteiger partial charge in [0.1, 0.15) is 11.7 Å². The summed E-state index contributed by atoms with van der Waals surface area (Å²) in [5, 5.41) is 0. The van der Waals surface area contributed by atoms with E-state index in [2.05, 4.69) is 0 Å². The molecular weight excluding hydrogens is 282 g/mol. The van der Waals surface area contributed by atoms with Gasteiger partial charge in [-0.1, -0.05) is 30.3 Å². The molecule has 0 aliphatic carbocycles. The van der Waals surface area contributed by atoms with Crippen molar-refractivity contribution in [3.05, 3.63) is 60.2 Å². The summed E-state index contributed by atoms with van der Waals surface area (Å²) in [5.74, 6) is 0.140. The average Bonchev–Trinajstić information content (AvgIpc) is 2.56. The topological polar surface area (TPSA) is 55.8 Å². The lowest BCUT2D eigenvalue weighted by molar-refractivity contribution is -0.147. The van der Waals surface area contributed by atoms with Crippen LogP contribution in [0.5, 0.6) is 5.75 Å². The molecular formula is C17H15NO4. The van der Waals surface area contributed by atoms with E-state index in [1.165, 1.54) is 4.90 Å². The number of β-lactam (4-membered cyclic amide) rings is 1. The highest BCUT2D eigenvalue weighted by Gasteiger charge is 2.50. The van der Waals surface area contributed by atoms with Crippen LogP contribution in [0.1, 0.15) is 11.5 Å². The van der Waals surface area contributed by atoms with Gasteiger partial charge in [-0.05, 0) is 29.8 Å². The molecule has 1 aliphatic rings. The van der Waals surface area contributed by atoms with E-state index in [4.69, 9.17) is 9.47 Å². The minimum absolute atomic E-state index is 0.0942. The molecule has 5 heteroatoms. The Labute approximate surface area is 128 Å². The molecule has 112 valence electrons. The third-order valence-electron chi connectivity index (χ3n) is 3.75. The fourth-order valence-electron chi connectivity index (χ4n) is 2.65. The van der Waals surface area contributed by atoms with Crippen LogP contribution in [0.3, 0.4) is 0 Å². The number of hydrogen-bond donors (Lipinski definition) is 0. The summed E-state index contributed by atoms with van der Waals surface area (Å²) in [4.78, 5) is 24.8. The van der Waals surface area contributed by atoms with Crippen LogP contribution in [0.25, 0.3) is 0 Å². The second-order valence-electron chi connectivity index (χ2n) is 4.92. The number of methoxy groups -OCH3 is 1. The third kappa shape index (κ3) is 2.30. The predicted molar refractivity (Wildman–Crippen MR) is 80.6 cm³/mol. The third-order valence-corrected chi connectivity index (χ3v) is 3.75. The number of anilines is 1. The Morgan fingerprint density at radius 2 is 1.73 bits per heavy atom. The largest absolute Gasteiger partial charge is 0.497 e. The van der Waals surface area contributed by atoms with E-state index in [1.807, 2.05) is 30.3 Å². The molecule has 1 saturated heterocycles. The van der Waals surface area contributed by atoms with Gasteiger partial charge >= 0.3 is 0 Å². The van der Waals surface area contributed by atoms with Gasteiger partial charge in [-0.3, -0.25) is 14.5 Å². The van der Waals surface area contributed by atoms with Crippen LogP contribution in [-0.2, 0) is 14.3 Å². The summed E-state index contributed by atoms with van der Waals surface area (Å²) in [7, 11) is 1.58. The molecule has 2 aromatic carbocycles. The lowest BCUT2D eigenvalue weighted by Gasteiger charge is -2.45. The summed E-state index contributed by atoms with van der Waals surface area (Å²) in [6, 6.07) is 16.4. The van der Waals surface area contributed by atoms with E-state index in [0.29, 0.717) is 17.9 Å². The predicted octanol–water partition coefficient (Wildman–Crippen LogP) is 2.32. The van der Waals surface area contributed by atoms with Gasteiger partial charge < -0.3 is 9.47 Å². The maximum atomic E-state index is 12.5. The highest BCUT2D eigenvalue weighted by molar-refractivity contribution is 6.06. The van der Waals surface area contributed by atoms with Crippen molar-refractivity contribution < 1.29 is 19.1 Å². The lowest BCUT2D eigenvalue weighted by Crippen LogP contribution is -2.60. The average molecular weight is 297 g/mol. The number of hydrogen-bond acceptors (Lipinski definition) is 4. The van der Waals surface area contributed by atoms with E-state index in [0.717, 1.165) is 5.56 Å². The van der Waals surface area contributed by atoms with Crippen molar-refractivity contribution in [3.63, 3.8) is 0 Å². The summed E-state index contributed by atoms with van der Waals surface area (Å²) in [5.41, 5.74) is 1.51. The second-order valence-corrected chi connectivity index (χ2v) is 4.92. The van der Waals surface area contributed by atoms with Crippen LogP contribution in [0.4, 0.5) is 5.69 Å². The Hall–Kier alpha value is -2.82. The molecule has 0 bridgehead atoms. The highest BCUT2D eigenvalue weighted by Crippen LogP contribution is 2.39. The van der Waals surface area contributed by atoms with Crippen molar-refractivity contribution in [2.75, 3.05) is 12.0 Å². The summed E-state index contributed by atoms with van der Waals surface area (Å²) >= 11 is 0. The van der Waals surface area contributed by atoms with Crippen molar-refractivity contribution in [3.8, 4) is 5.75 Å². The molecule has 2 atom stereocenters. The Kier molecular flexibility index (Phi) is 3.78. The first kappa shape index (κ1) is 14.1. The van der Waals surface area contributed by atoms with E-state index in [-0.39, 0.29) is 5.91 Å². The minimum Gasteiger partial charge on any atom is -0.497 e. The normalized spacial score (nSPS) is 20.2. The van der Waals surface area contributed by atoms with Crippen molar-refractivity contribution >= 4 is 18.1 Å². The van der Waals surface area contributed by atoms with Gasteiger partial charge in [0, 0.05) is 5.69 Å². The first-order valence-electron chi connectivity index (χ1n) is 6.87. The number of carbonyl (C=O) groups is 2. The molecule has 0 unspecified atom stereocenters. The summed E-state index contributed by atoms with van der Waals surface area (Å²) in [6.45, 7) is 0.379. The quantitative estimate of drug-likeness (QED) is 0.628. The van der Waals surface area contributed by atoms with Gasteiger partial charge in [0.2, 0.25) is 5.91 Å². The van der Waals surface area contributed by atoms with Crippen molar-refractivity contribution in [2.24, 2.45) is 0 Å². The monoisotopic (exact) mass is 297 g/mol. The zero-order valence-electron chi connectivity index (χ0n) is 12.0. The molecule has 5 nitrogen and oxygen atoms in total. The molecule has 0 N–H and O–H groups in total. The second kappa shape index (κ2) is 5.89. The molecule has 2 aromatic rings. The van der Waals surface area contributed by atoms with Gasteiger partial charge in [-0.15, -0.1) is 0 Å². The zero-order valence-corrected chi connectivity index (χ0v) is 12.0. The fourth-order valence-corrected chi connectivity index (χ4v) is 2.65. The maximum Gasteiger partial charge on any atom is 0.295 e. The van der Waals surface area contributed by atoms with Gasteiger partial charge in [0.25, 0.3) is 6.47 Å². The lowest BCUT2D eigenvalue weighted by atomic mass is 9.87. The molecule has 0 saturated carbocycles. The summed E-state index contributed by atoms with van der Waals surface area (Å²) in [6.07, 6.45) is -0.624. The molecule has 1 aliphatic heterocycles. The molecule has 3 rings (SSSR count). The number of rotatable bonds is 5. The van der Waals surface area contributed by atoms with Crippen LogP contribution >= 0.6 is 0 Å². The Bertz CT molecular complexity index is 669. The van der Waals surface area contributed by atoms with Crippen LogP contribution in [0, 0.1) is 0 Å². The number of ether oxygens (including phenoxy) is 2. The van der Waals surface area contributed by atoms with E-state index in [1.54, 1.807) is 31.4 Å². The van der Waals surface area contributed by atoms with Gasteiger partial charge in [0.05, 0.1) is 7.11 Å². The first-order chi connectivity index (χ1) is 10.8. The standard InChI is InChI=1S/C17H15NO4/c1-21-14-9-7-13(8-10-14)18-16(20)15(17(18)22-11-19)12-5-3-2-4-6-12/h2-11,15,17H,1H3/t15-,17-/m1/s1. The summed E-state index contributed by atoms with van der Waals surface area (Å²) < 4.78 is 10.2. The Balaban J connectivity index is 1.88. The molecule has 1 heterocycles. The molecule has 0 aromatic heterocycles. The van der Waals surface area contributed by atoms with Crippen molar-refractivity contribution in [2.45, 2.75) is 12.1 Å². The fraction of sp³-hybridized carbons (Fsp3) is 0.176. The minimum atomic E-state index is -0.624. The Morgan fingerprint density at radius 1 is 1.05 bits per heavy atom. The van der Waals surface area contributed by atoms with Gasteiger partial charge in [-0.25, -0.2) is 0 Å². The number of amides is 1. The number of nitrogens with zero attached hydrogens (tertiary/aromatic N) is 1.